The van der Waals surface area contributed by atoms with E-state index < -0.39 is 6.36 Å². The Kier molecular flexibility index (Phi) is 4.63. The second-order valence-electron chi connectivity index (χ2n) is 5.98. The Morgan fingerprint density at radius 3 is 2.41 bits per heavy atom. The van der Waals surface area contributed by atoms with E-state index in [1.807, 2.05) is 30.3 Å². The largest absolute Gasteiger partial charge is 0.573 e. The van der Waals surface area contributed by atoms with Gasteiger partial charge < -0.3 is 4.74 Å². The first kappa shape index (κ1) is 18.5. The molecule has 0 saturated heterocycles. The fraction of sp³-hybridized carbons (Fsp3) is 0.0500. The SMILES string of the molecule is O=c1ccn(-c2cccc(OC(F)(F)F)c2)nc1-c1ccnn1-c1ccccc1. The molecule has 0 fully saturated rings. The molecule has 0 radical (unpaired) electrons. The topological polar surface area (TPSA) is 61.9 Å². The third-order valence-electron chi connectivity index (χ3n) is 4.01. The summed E-state index contributed by atoms with van der Waals surface area (Å²) in [5, 5.41) is 8.56. The fourth-order valence-corrected chi connectivity index (χ4v) is 2.81. The van der Waals surface area contributed by atoms with Crippen LogP contribution in [0.1, 0.15) is 0 Å². The highest BCUT2D eigenvalue weighted by atomic mass is 19.4. The van der Waals surface area contributed by atoms with Crippen molar-refractivity contribution in [3.05, 3.63) is 89.3 Å². The van der Waals surface area contributed by atoms with Crippen LogP contribution < -0.4 is 10.2 Å². The van der Waals surface area contributed by atoms with Crippen LogP contribution in [-0.4, -0.2) is 25.9 Å². The molecule has 6 nitrogen and oxygen atoms in total. The highest BCUT2D eigenvalue weighted by Gasteiger charge is 2.31. The molecule has 0 atom stereocenters. The third-order valence-corrected chi connectivity index (χ3v) is 4.01. The smallest absolute Gasteiger partial charge is 0.406 e. The van der Waals surface area contributed by atoms with Gasteiger partial charge in [-0.2, -0.15) is 10.2 Å². The van der Waals surface area contributed by atoms with Crippen LogP contribution in [0.4, 0.5) is 13.2 Å². The van der Waals surface area contributed by atoms with Crippen LogP contribution in [0.25, 0.3) is 22.8 Å². The molecule has 146 valence electrons. The summed E-state index contributed by atoms with van der Waals surface area (Å²) in [7, 11) is 0. The van der Waals surface area contributed by atoms with Crippen LogP contribution >= 0.6 is 0 Å². The minimum atomic E-state index is -4.80. The molecule has 2 heterocycles. The van der Waals surface area contributed by atoms with E-state index in [0.29, 0.717) is 11.4 Å². The molecule has 0 N–H and O–H groups in total. The summed E-state index contributed by atoms with van der Waals surface area (Å²) in [6, 6.07) is 17.5. The van der Waals surface area contributed by atoms with E-state index in [1.54, 1.807) is 23.0 Å². The number of hydrogen-bond acceptors (Lipinski definition) is 4. The molecule has 0 aliphatic heterocycles. The van der Waals surface area contributed by atoms with E-state index in [1.165, 1.54) is 35.1 Å². The van der Waals surface area contributed by atoms with Crippen molar-refractivity contribution in [2.75, 3.05) is 0 Å². The molecule has 2 aromatic heterocycles. The predicted octanol–water partition coefficient (Wildman–Crippen LogP) is 3.98. The number of benzene rings is 2. The number of halogens is 3. The second-order valence-corrected chi connectivity index (χ2v) is 5.98. The van der Waals surface area contributed by atoms with E-state index in [-0.39, 0.29) is 16.9 Å². The zero-order chi connectivity index (χ0) is 20.4. The molecule has 29 heavy (non-hydrogen) atoms. The maximum Gasteiger partial charge on any atom is 0.573 e. The molecule has 0 amide bonds. The maximum absolute atomic E-state index is 12.5. The molecule has 2 aromatic carbocycles. The van der Waals surface area contributed by atoms with Gasteiger partial charge in [0.2, 0.25) is 5.43 Å². The van der Waals surface area contributed by atoms with Gasteiger partial charge in [0, 0.05) is 18.3 Å². The molecule has 4 aromatic rings. The summed E-state index contributed by atoms with van der Waals surface area (Å²) in [5.41, 5.74) is 1.26. The first-order valence-corrected chi connectivity index (χ1v) is 8.47. The molecular formula is C20H13F3N4O2. The Labute approximate surface area is 162 Å². The highest BCUT2D eigenvalue weighted by molar-refractivity contribution is 5.57. The standard InChI is InChI=1S/C20H13F3N4O2/c21-20(22,23)29-16-8-4-7-15(13-16)26-12-10-18(28)19(25-26)17-9-11-24-27(17)14-5-2-1-3-6-14/h1-13H. The van der Waals surface area contributed by atoms with Gasteiger partial charge in [0.05, 0.1) is 23.3 Å². The van der Waals surface area contributed by atoms with Gasteiger partial charge in [-0.05, 0) is 30.3 Å². The van der Waals surface area contributed by atoms with Crippen molar-refractivity contribution >= 4 is 0 Å². The van der Waals surface area contributed by atoms with Gasteiger partial charge >= 0.3 is 6.36 Å². The lowest BCUT2D eigenvalue weighted by atomic mass is 10.2. The number of nitrogens with zero attached hydrogens (tertiary/aromatic N) is 4. The number of aromatic nitrogens is 4. The van der Waals surface area contributed by atoms with E-state index >= 15 is 0 Å². The van der Waals surface area contributed by atoms with Gasteiger partial charge in [-0.1, -0.05) is 24.3 Å². The fourth-order valence-electron chi connectivity index (χ4n) is 2.81. The Bertz CT molecular complexity index is 1200. The van der Waals surface area contributed by atoms with Crippen LogP contribution in [0.15, 0.2) is 83.9 Å². The zero-order valence-electron chi connectivity index (χ0n) is 14.7. The number of para-hydroxylation sites is 1. The Morgan fingerprint density at radius 2 is 1.66 bits per heavy atom. The number of alkyl halides is 3. The quantitative estimate of drug-likeness (QED) is 0.522. The van der Waals surface area contributed by atoms with Crippen molar-refractivity contribution in [2.45, 2.75) is 6.36 Å². The zero-order valence-corrected chi connectivity index (χ0v) is 14.7. The van der Waals surface area contributed by atoms with E-state index in [0.717, 1.165) is 5.69 Å². The van der Waals surface area contributed by atoms with E-state index in [2.05, 4.69) is 14.9 Å². The van der Waals surface area contributed by atoms with Gasteiger partial charge in [0.15, 0.2) is 5.69 Å². The lowest BCUT2D eigenvalue weighted by Gasteiger charge is -2.12. The molecule has 0 aliphatic rings. The number of hydrogen-bond donors (Lipinski definition) is 0. The van der Waals surface area contributed by atoms with Gasteiger partial charge in [-0.15, -0.1) is 13.2 Å². The van der Waals surface area contributed by atoms with Gasteiger partial charge in [0.1, 0.15) is 5.75 Å². The normalized spacial score (nSPS) is 11.4. The third kappa shape index (κ3) is 4.03. The van der Waals surface area contributed by atoms with Crippen molar-refractivity contribution in [1.82, 2.24) is 19.6 Å². The van der Waals surface area contributed by atoms with Crippen molar-refractivity contribution in [2.24, 2.45) is 0 Å². The number of rotatable bonds is 4. The Balaban J connectivity index is 1.77. The summed E-state index contributed by atoms with van der Waals surface area (Å²) < 4.78 is 44.3. The molecule has 0 saturated carbocycles. The van der Waals surface area contributed by atoms with Crippen LogP contribution in [-0.2, 0) is 0 Å². The maximum atomic E-state index is 12.5. The summed E-state index contributed by atoms with van der Waals surface area (Å²) in [6.07, 6.45) is -1.89. The lowest BCUT2D eigenvalue weighted by Crippen LogP contribution is -2.17. The molecule has 0 bridgehead atoms. The predicted molar refractivity (Wildman–Crippen MR) is 99.1 cm³/mol. The van der Waals surface area contributed by atoms with Gasteiger partial charge in [-0.25, -0.2) is 9.36 Å². The minimum absolute atomic E-state index is 0.107. The highest BCUT2D eigenvalue weighted by Crippen LogP contribution is 2.25. The second kappa shape index (κ2) is 7.27. The van der Waals surface area contributed by atoms with Gasteiger partial charge in [0.25, 0.3) is 0 Å². The van der Waals surface area contributed by atoms with E-state index in [4.69, 9.17) is 0 Å². The summed E-state index contributed by atoms with van der Waals surface area (Å²) in [4.78, 5) is 12.4. The summed E-state index contributed by atoms with van der Waals surface area (Å²) in [5.74, 6) is -0.383. The van der Waals surface area contributed by atoms with Crippen molar-refractivity contribution in [3.8, 4) is 28.5 Å². The molecular weight excluding hydrogens is 385 g/mol. The average molecular weight is 398 g/mol. The first-order valence-electron chi connectivity index (χ1n) is 8.47. The van der Waals surface area contributed by atoms with Crippen LogP contribution in [0.5, 0.6) is 5.75 Å². The molecule has 0 aliphatic carbocycles. The molecule has 4 rings (SSSR count). The monoisotopic (exact) mass is 398 g/mol. The summed E-state index contributed by atoms with van der Waals surface area (Å²) >= 11 is 0. The Hall–Kier alpha value is -3.88. The van der Waals surface area contributed by atoms with Gasteiger partial charge in [-0.3, -0.25) is 4.79 Å². The van der Waals surface area contributed by atoms with E-state index in [9.17, 15) is 18.0 Å². The molecule has 0 unspecified atom stereocenters. The van der Waals surface area contributed by atoms with Crippen LogP contribution in [0.2, 0.25) is 0 Å². The van der Waals surface area contributed by atoms with Crippen LogP contribution in [0, 0.1) is 0 Å². The van der Waals surface area contributed by atoms with Crippen molar-refractivity contribution in [1.29, 1.82) is 0 Å². The van der Waals surface area contributed by atoms with Crippen molar-refractivity contribution < 1.29 is 17.9 Å². The van der Waals surface area contributed by atoms with Crippen LogP contribution in [0.3, 0.4) is 0 Å². The minimum Gasteiger partial charge on any atom is -0.406 e. The Morgan fingerprint density at radius 1 is 0.897 bits per heavy atom. The lowest BCUT2D eigenvalue weighted by molar-refractivity contribution is -0.274. The molecule has 0 spiro atoms. The summed E-state index contributed by atoms with van der Waals surface area (Å²) in [6.45, 7) is 0. The first-order chi connectivity index (χ1) is 13.9. The number of ether oxygens (including phenoxy) is 1. The van der Waals surface area contributed by atoms with Crippen molar-refractivity contribution in [3.63, 3.8) is 0 Å². The average Bonchev–Trinajstić information content (AvgIpc) is 3.17. The molecule has 9 heteroatoms.